The Kier molecular flexibility index (Phi) is 1030. The summed E-state index contributed by atoms with van der Waals surface area (Å²) in [7, 11) is 0. The van der Waals surface area contributed by atoms with Crippen LogP contribution in [0.1, 0.15) is 0 Å². The molecular weight excluding hydrogens is 252 g/mol. The van der Waals surface area contributed by atoms with Crippen LogP contribution in [-0.2, 0) is 79.2 Å². The van der Waals surface area contributed by atoms with Gasteiger partial charge in [0, 0.05) is 0 Å². The van der Waals surface area contributed by atoms with Gasteiger partial charge in [-0.05, 0) is 0 Å². The van der Waals surface area contributed by atoms with Crippen molar-refractivity contribution in [3.05, 3.63) is 0 Å². The van der Waals surface area contributed by atoms with Crippen LogP contribution in [0.3, 0.4) is 0 Å². The molecule has 0 unspecified atom stereocenters. The molecule has 0 bridgehead atoms. The van der Waals surface area contributed by atoms with Gasteiger partial charge in [0.1, 0.15) is 0 Å². The SMILES string of the molecule is [Mn+2].[Mn+2].[Mn+2].[Mn+2].[O-2].[O-2]. The first kappa shape index (κ1) is 98.1. The first-order chi connectivity index (χ1) is 0. The maximum absolute atomic E-state index is 0. The van der Waals surface area contributed by atoms with Crippen molar-refractivity contribution >= 4 is 0 Å². The number of rotatable bonds is 0. The van der Waals surface area contributed by atoms with E-state index in [-0.39, 0.29) is 79.2 Å². The van der Waals surface area contributed by atoms with Crippen LogP contribution in [0.5, 0.6) is 0 Å². The van der Waals surface area contributed by atoms with Gasteiger partial charge in [-0.25, -0.2) is 0 Å². The molecule has 0 atom stereocenters. The summed E-state index contributed by atoms with van der Waals surface area (Å²) in [5.74, 6) is 0. The van der Waals surface area contributed by atoms with Crippen LogP contribution in [-0.4, -0.2) is 0 Å². The summed E-state index contributed by atoms with van der Waals surface area (Å²) in [6, 6.07) is 0. The van der Waals surface area contributed by atoms with Gasteiger partial charge in [-0.2, -0.15) is 0 Å². The van der Waals surface area contributed by atoms with Crippen molar-refractivity contribution in [1.82, 2.24) is 0 Å². The number of hydrogen-bond donors (Lipinski definition) is 0. The van der Waals surface area contributed by atoms with Crippen molar-refractivity contribution in [2.45, 2.75) is 0 Å². The molecule has 0 aliphatic rings. The van der Waals surface area contributed by atoms with Crippen molar-refractivity contribution in [3.8, 4) is 0 Å². The molecule has 0 amide bonds. The molecule has 4 radical (unpaired) electrons. The maximum Gasteiger partial charge on any atom is 2.00 e. The third-order valence-corrected chi connectivity index (χ3v) is 0. The molecule has 0 spiro atoms. The summed E-state index contributed by atoms with van der Waals surface area (Å²) in [4.78, 5) is 0. The summed E-state index contributed by atoms with van der Waals surface area (Å²) < 4.78 is 0. The van der Waals surface area contributed by atoms with Crippen molar-refractivity contribution in [2.24, 2.45) is 0 Å². The molecule has 0 aromatic rings. The predicted octanol–water partition coefficient (Wildman–Crippen LogP) is -0.248. The molecular formula is Mn4O2+4. The molecule has 0 aliphatic carbocycles. The van der Waals surface area contributed by atoms with Crippen LogP contribution in [0.4, 0.5) is 0 Å². The molecule has 6 heteroatoms. The number of hydrogen-bond acceptors (Lipinski definition) is 0. The van der Waals surface area contributed by atoms with E-state index in [1.54, 1.807) is 0 Å². The molecule has 2 nitrogen and oxygen atoms in total. The Labute approximate surface area is 78.7 Å². The van der Waals surface area contributed by atoms with Crippen LogP contribution in [0.15, 0.2) is 0 Å². The van der Waals surface area contributed by atoms with E-state index in [2.05, 4.69) is 0 Å². The average molecular weight is 252 g/mol. The van der Waals surface area contributed by atoms with E-state index in [1.165, 1.54) is 0 Å². The van der Waals surface area contributed by atoms with E-state index in [9.17, 15) is 0 Å². The molecule has 0 heterocycles. The minimum Gasteiger partial charge on any atom is -2.00 e. The van der Waals surface area contributed by atoms with E-state index in [0.29, 0.717) is 0 Å². The standard InChI is InChI=1S/4Mn.2O/q4*+2;2*-2. The zero-order chi connectivity index (χ0) is 0. The van der Waals surface area contributed by atoms with Gasteiger partial charge >= 0.3 is 68.3 Å². The van der Waals surface area contributed by atoms with Gasteiger partial charge in [0.15, 0.2) is 0 Å². The van der Waals surface area contributed by atoms with Gasteiger partial charge in [-0.1, -0.05) is 0 Å². The molecule has 0 fully saturated rings. The average Bonchev–Trinajstić information content (AvgIpc) is 0. The van der Waals surface area contributed by atoms with Crippen LogP contribution < -0.4 is 0 Å². The minimum atomic E-state index is 0. The molecule has 6 heavy (non-hydrogen) atoms. The van der Waals surface area contributed by atoms with Gasteiger partial charge in [0.25, 0.3) is 0 Å². The third kappa shape index (κ3) is 37.5. The second-order valence-corrected chi connectivity index (χ2v) is 0. The Morgan fingerprint density at radius 3 is 0.333 bits per heavy atom. The fourth-order valence-electron chi connectivity index (χ4n) is 0. The summed E-state index contributed by atoms with van der Waals surface area (Å²) in [6.45, 7) is 0. The molecule has 0 aromatic carbocycles. The molecule has 0 N–H and O–H groups in total. The van der Waals surface area contributed by atoms with E-state index >= 15 is 0 Å². The summed E-state index contributed by atoms with van der Waals surface area (Å²) in [5, 5.41) is 0. The zero-order valence-electron chi connectivity index (χ0n) is 2.33. The van der Waals surface area contributed by atoms with E-state index in [1.807, 2.05) is 0 Å². The normalized spacial score (nSPS) is 0. The molecule has 0 aliphatic heterocycles. The Bertz CT molecular complexity index is 5.51. The largest absolute Gasteiger partial charge is 2.00 e. The van der Waals surface area contributed by atoms with Crippen LogP contribution in [0.25, 0.3) is 0 Å². The molecule has 0 rings (SSSR count). The Balaban J connectivity index is 0. The molecule has 0 saturated carbocycles. The van der Waals surface area contributed by atoms with Gasteiger partial charge in [-0.3, -0.25) is 0 Å². The van der Waals surface area contributed by atoms with Gasteiger partial charge in [-0.15, -0.1) is 0 Å². The Hall–Kier alpha value is 2.00. The van der Waals surface area contributed by atoms with Crippen molar-refractivity contribution in [3.63, 3.8) is 0 Å². The van der Waals surface area contributed by atoms with E-state index in [0.717, 1.165) is 0 Å². The zero-order valence-corrected chi connectivity index (χ0v) is 7.05. The monoisotopic (exact) mass is 252 g/mol. The molecule has 36 valence electrons. The van der Waals surface area contributed by atoms with E-state index in [4.69, 9.17) is 0 Å². The first-order valence-corrected chi connectivity index (χ1v) is 0. The minimum absolute atomic E-state index is 0. The Morgan fingerprint density at radius 1 is 0.333 bits per heavy atom. The van der Waals surface area contributed by atoms with E-state index < -0.39 is 0 Å². The fourth-order valence-corrected chi connectivity index (χ4v) is 0. The van der Waals surface area contributed by atoms with Crippen LogP contribution in [0, 0.1) is 0 Å². The fraction of sp³-hybridized carbons (Fsp3) is 0. The van der Waals surface area contributed by atoms with Crippen LogP contribution >= 0.6 is 0 Å². The molecule has 0 aromatic heterocycles. The second kappa shape index (κ2) is 63.1. The molecule has 0 saturated heterocycles. The van der Waals surface area contributed by atoms with Crippen molar-refractivity contribution in [2.75, 3.05) is 0 Å². The topological polar surface area (TPSA) is 57.0 Å². The third-order valence-electron chi connectivity index (χ3n) is 0. The first-order valence-electron chi connectivity index (χ1n) is 0. The van der Waals surface area contributed by atoms with Crippen molar-refractivity contribution < 1.29 is 79.2 Å². The second-order valence-electron chi connectivity index (χ2n) is 0. The predicted molar refractivity (Wildman–Crippen MR) is 1.37 cm³/mol. The summed E-state index contributed by atoms with van der Waals surface area (Å²) >= 11 is 0. The summed E-state index contributed by atoms with van der Waals surface area (Å²) in [6.07, 6.45) is 0. The van der Waals surface area contributed by atoms with Crippen LogP contribution in [0.2, 0.25) is 0 Å². The van der Waals surface area contributed by atoms with Gasteiger partial charge in [0.2, 0.25) is 0 Å². The van der Waals surface area contributed by atoms with Gasteiger partial charge in [0.05, 0.1) is 0 Å². The smallest absolute Gasteiger partial charge is 2.00 e. The summed E-state index contributed by atoms with van der Waals surface area (Å²) in [5.41, 5.74) is 0. The van der Waals surface area contributed by atoms with Gasteiger partial charge < -0.3 is 11.0 Å². The van der Waals surface area contributed by atoms with Crippen molar-refractivity contribution in [1.29, 1.82) is 0 Å². The quantitative estimate of drug-likeness (QED) is 0.534. The maximum atomic E-state index is 0. The Morgan fingerprint density at radius 2 is 0.333 bits per heavy atom.